The van der Waals surface area contributed by atoms with Crippen molar-refractivity contribution in [1.29, 1.82) is 0 Å². The van der Waals surface area contributed by atoms with Gasteiger partial charge in [-0.25, -0.2) is 0 Å². The summed E-state index contributed by atoms with van der Waals surface area (Å²) in [7, 11) is 1.23. The number of quaternary nitrogens is 1. The summed E-state index contributed by atoms with van der Waals surface area (Å²) >= 11 is 0. The number of nitrogens with zero attached hydrogens (tertiary/aromatic N) is 1. The van der Waals surface area contributed by atoms with Gasteiger partial charge in [0.25, 0.3) is 7.82 Å². The van der Waals surface area contributed by atoms with Crippen LogP contribution < -0.4 is 10.2 Å². The van der Waals surface area contributed by atoms with Crippen LogP contribution in [0.4, 0.5) is 0 Å². The number of phosphoric acid groups is 1. The molecule has 3 unspecified atom stereocenters. The number of amides is 1. The molecule has 8 nitrogen and oxygen atoms in total. The molecule has 0 rings (SSSR count). The Kier molecular flexibility index (Phi) is 55.7. The minimum absolute atomic E-state index is 0.0113. The van der Waals surface area contributed by atoms with Gasteiger partial charge >= 0.3 is 0 Å². The number of carbonyl (C=O) groups excluding carboxylic acids is 1. The number of aliphatic hydroxyl groups excluding tert-OH is 1. The molecule has 0 aromatic heterocycles. The van der Waals surface area contributed by atoms with E-state index in [0.717, 1.165) is 89.9 Å². The van der Waals surface area contributed by atoms with E-state index in [1.165, 1.54) is 154 Å². The average Bonchev–Trinajstić information content (AvgIpc) is 3.39. The number of aliphatic hydroxyl groups is 1. The Hall–Kier alpha value is -2.84. The second kappa shape index (κ2) is 57.8. The molecule has 2 N–H and O–H groups in total. The van der Waals surface area contributed by atoms with Gasteiger partial charge in [-0.05, 0) is 96.3 Å². The van der Waals surface area contributed by atoms with Crippen LogP contribution in [0.2, 0.25) is 0 Å². The van der Waals surface area contributed by atoms with Crippen molar-refractivity contribution < 1.29 is 32.9 Å². The normalized spacial score (nSPS) is 14.5. The number of likely N-dealkylation sites (N-methyl/N-ethyl adjacent to an activating group) is 1. The minimum Gasteiger partial charge on any atom is -0.756 e. The van der Waals surface area contributed by atoms with E-state index >= 15 is 0 Å². The number of phosphoric ester groups is 1. The summed E-state index contributed by atoms with van der Waals surface area (Å²) in [5.41, 5.74) is 0. The van der Waals surface area contributed by atoms with Crippen molar-refractivity contribution in [3.8, 4) is 0 Å². The van der Waals surface area contributed by atoms with Gasteiger partial charge in [-0.1, -0.05) is 271 Å². The number of nitrogens with one attached hydrogen (secondary N) is 1. The van der Waals surface area contributed by atoms with Gasteiger partial charge in [0.05, 0.1) is 39.9 Å². The fourth-order valence-electron chi connectivity index (χ4n) is 8.78. The van der Waals surface area contributed by atoms with Gasteiger partial charge in [0.15, 0.2) is 0 Å². The molecule has 0 aliphatic carbocycles. The van der Waals surface area contributed by atoms with Crippen LogP contribution in [-0.4, -0.2) is 68.5 Å². The van der Waals surface area contributed by atoms with E-state index in [2.05, 4.69) is 116 Å². The summed E-state index contributed by atoms with van der Waals surface area (Å²) in [6.45, 7) is 4.48. The lowest BCUT2D eigenvalue weighted by atomic mass is 10.0. The van der Waals surface area contributed by atoms with Crippen LogP contribution in [0.3, 0.4) is 0 Å². The quantitative estimate of drug-likeness (QED) is 0.0272. The summed E-state index contributed by atoms with van der Waals surface area (Å²) in [6, 6.07) is -0.912. The Morgan fingerprint density at radius 3 is 1.21 bits per heavy atom. The molecule has 0 aliphatic heterocycles. The predicted molar refractivity (Wildman–Crippen MR) is 334 cm³/mol. The molecular formula is C68H121N2O6P. The van der Waals surface area contributed by atoms with E-state index < -0.39 is 26.6 Å². The van der Waals surface area contributed by atoms with Gasteiger partial charge in [0, 0.05) is 6.42 Å². The molecule has 1 amide bonds. The maximum atomic E-state index is 13.0. The van der Waals surface area contributed by atoms with E-state index in [9.17, 15) is 19.4 Å². The zero-order valence-corrected chi connectivity index (χ0v) is 51.5. The lowest BCUT2D eigenvalue weighted by Gasteiger charge is -2.29. The van der Waals surface area contributed by atoms with Crippen LogP contribution in [0, 0.1) is 0 Å². The Bertz CT molecular complexity index is 1620. The van der Waals surface area contributed by atoms with Crippen LogP contribution in [0.25, 0.3) is 0 Å². The first-order chi connectivity index (χ1) is 37.5. The van der Waals surface area contributed by atoms with Crippen LogP contribution in [0.5, 0.6) is 0 Å². The van der Waals surface area contributed by atoms with Crippen molar-refractivity contribution in [2.75, 3.05) is 40.9 Å². The molecule has 444 valence electrons. The summed E-state index contributed by atoms with van der Waals surface area (Å²) < 4.78 is 23.3. The molecule has 0 spiro atoms. The number of rotatable bonds is 57. The highest BCUT2D eigenvalue weighted by molar-refractivity contribution is 7.45. The van der Waals surface area contributed by atoms with Crippen molar-refractivity contribution in [2.24, 2.45) is 0 Å². The standard InChI is InChI=1S/C68H121N2O6P/c1-6-8-10-12-14-16-18-20-22-23-24-25-26-27-28-29-30-31-32-33-34-35-36-37-38-39-40-41-42-43-44-45-46-47-48-50-52-54-56-58-60-62-68(72)69-66(65-76-77(73,74)75-64-63-70(3,4)5)67(71)61-59-57-55-53-51-49-21-19-17-15-13-11-9-7-2/h8,10,14,16-17,19-20,22,24-25,27-28,30-31,51,53,59,61,66-67,71H,6-7,9,11-13,15,18,21,23,26,29,32-50,52,54-58,60,62-65H2,1-5H3,(H-,69,72,73,74)/b10-8-,16-14-,19-17+,22-20-,25-24-,28-27-,31-30-,53-51+,61-59+. The molecule has 0 saturated carbocycles. The van der Waals surface area contributed by atoms with Gasteiger partial charge in [0.1, 0.15) is 13.2 Å². The second-order valence-electron chi connectivity index (χ2n) is 22.4. The third kappa shape index (κ3) is 60.6. The lowest BCUT2D eigenvalue weighted by Crippen LogP contribution is -2.45. The van der Waals surface area contributed by atoms with E-state index in [-0.39, 0.29) is 12.5 Å². The number of carbonyl (C=O) groups is 1. The Labute approximate surface area is 476 Å². The van der Waals surface area contributed by atoms with Crippen LogP contribution in [0.1, 0.15) is 264 Å². The largest absolute Gasteiger partial charge is 0.756 e. The molecule has 0 bridgehead atoms. The highest BCUT2D eigenvalue weighted by Crippen LogP contribution is 2.38. The van der Waals surface area contributed by atoms with Gasteiger partial charge < -0.3 is 28.8 Å². The Morgan fingerprint density at radius 2 is 0.805 bits per heavy atom. The molecular weight excluding hydrogens is 972 g/mol. The fraction of sp³-hybridized carbons (Fsp3) is 0.721. The third-order valence-corrected chi connectivity index (χ3v) is 14.7. The molecule has 0 aliphatic rings. The molecule has 0 aromatic rings. The SMILES string of the molecule is CC/C=C\C/C=C\C/C=C\C/C=C\C/C=C\C/C=C\CCCCCCCCCCCCCCCCCCCCCCCCC(=O)NC(COP(=O)([O-])OCC[N+](C)(C)C)C(O)/C=C/CC/C=C/CC/C=C/CCCCCC. The zero-order valence-electron chi connectivity index (χ0n) is 50.6. The highest BCUT2D eigenvalue weighted by Gasteiger charge is 2.23. The van der Waals surface area contributed by atoms with Gasteiger partial charge in [-0.15, -0.1) is 0 Å². The molecule has 0 saturated heterocycles. The minimum atomic E-state index is -4.61. The average molecular weight is 1090 g/mol. The van der Waals surface area contributed by atoms with E-state index in [1.54, 1.807) is 6.08 Å². The molecule has 3 atom stereocenters. The first-order valence-electron chi connectivity index (χ1n) is 31.7. The smallest absolute Gasteiger partial charge is 0.268 e. The van der Waals surface area contributed by atoms with Gasteiger partial charge in [-0.3, -0.25) is 9.36 Å². The Morgan fingerprint density at radius 1 is 0.468 bits per heavy atom. The summed E-state index contributed by atoms with van der Waals surface area (Å²) in [5.74, 6) is -0.212. The summed E-state index contributed by atoms with van der Waals surface area (Å²) in [4.78, 5) is 25.5. The summed E-state index contributed by atoms with van der Waals surface area (Å²) in [6.07, 6.45) is 84.9. The molecule has 9 heteroatoms. The highest BCUT2D eigenvalue weighted by atomic mass is 31.2. The predicted octanol–water partition coefficient (Wildman–Crippen LogP) is 19.3. The number of allylic oxidation sites excluding steroid dienone is 17. The topological polar surface area (TPSA) is 108 Å². The van der Waals surface area contributed by atoms with Crippen molar-refractivity contribution in [1.82, 2.24) is 5.32 Å². The van der Waals surface area contributed by atoms with E-state index in [1.807, 2.05) is 27.2 Å². The van der Waals surface area contributed by atoms with E-state index in [4.69, 9.17) is 9.05 Å². The first kappa shape index (κ1) is 74.2. The number of hydrogen-bond acceptors (Lipinski definition) is 6. The molecule has 0 fully saturated rings. The van der Waals surface area contributed by atoms with Crippen molar-refractivity contribution in [3.63, 3.8) is 0 Å². The van der Waals surface area contributed by atoms with Crippen molar-refractivity contribution in [3.05, 3.63) is 109 Å². The van der Waals surface area contributed by atoms with Crippen LogP contribution >= 0.6 is 7.82 Å². The number of unbranched alkanes of at least 4 members (excludes halogenated alkanes) is 28. The zero-order chi connectivity index (χ0) is 56.3. The third-order valence-electron chi connectivity index (χ3n) is 13.7. The maximum Gasteiger partial charge on any atom is 0.268 e. The monoisotopic (exact) mass is 1090 g/mol. The van der Waals surface area contributed by atoms with E-state index in [0.29, 0.717) is 17.4 Å². The first-order valence-corrected chi connectivity index (χ1v) is 33.2. The lowest BCUT2D eigenvalue weighted by molar-refractivity contribution is -0.870. The van der Waals surface area contributed by atoms with Crippen molar-refractivity contribution >= 4 is 13.7 Å². The Balaban J connectivity index is 3.94. The molecule has 0 radical (unpaired) electrons. The van der Waals surface area contributed by atoms with Crippen LogP contribution in [0.15, 0.2) is 109 Å². The fourth-order valence-corrected chi connectivity index (χ4v) is 9.50. The van der Waals surface area contributed by atoms with Gasteiger partial charge in [0.2, 0.25) is 5.91 Å². The molecule has 0 aromatic carbocycles. The molecule has 77 heavy (non-hydrogen) atoms. The molecule has 0 heterocycles. The van der Waals surface area contributed by atoms with Crippen molar-refractivity contribution in [2.45, 2.75) is 276 Å². The summed E-state index contributed by atoms with van der Waals surface area (Å²) in [5, 5.41) is 13.8. The second-order valence-corrected chi connectivity index (χ2v) is 23.8. The number of hydrogen-bond donors (Lipinski definition) is 2. The van der Waals surface area contributed by atoms with Crippen LogP contribution in [-0.2, 0) is 18.4 Å². The van der Waals surface area contributed by atoms with Gasteiger partial charge in [-0.2, -0.15) is 0 Å². The maximum absolute atomic E-state index is 13.0.